The van der Waals surface area contributed by atoms with E-state index < -0.39 is 26.8 Å². The third-order valence-corrected chi connectivity index (χ3v) is 5.41. The number of halogens is 1. The van der Waals surface area contributed by atoms with Crippen molar-refractivity contribution >= 4 is 31.9 Å². The van der Waals surface area contributed by atoms with Gasteiger partial charge >= 0.3 is 5.97 Å². The minimum absolute atomic E-state index is 0.521. The second-order valence-electron chi connectivity index (χ2n) is 5.24. The molecule has 0 bridgehead atoms. The molecule has 1 aromatic carbocycles. The maximum Gasteiger partial charge on any atom is 0.328 e. The summed E-state index contributed by atoms with van der Waals surface area (Å²) in [5, 5.41) is 0. The average Bonchev–Trinajstić information content (AvgIpc) is 2.35. The lowest BCUT2D eigenvalue weighted by atomic mass is 10.1. The minimum Gasteiger partial charge on any atom is -0.468 e. The fraction of sp³-hybridized carbons (Fsp3) is 0.462. The zero-order valence-corrected chi connectivity index (χ0v) is 14.2. The number of sulfonamides is 1. The van der Waals surface area contributed by atoms with Gasteiger partial charge in [0.15, 0.2) is 0 Å². The van der Waals surface area contributed by atoms with Crippen LogP contribution in [0.25, 0.3) is 0 Å². The van der Waals surface area contributed by atoms with Gasteiger partial charge in [-0.3, -0.25) is 0 Å². The molecule has 7 heteroatoms. The number of esters is 1. The summed E-state index contributed by atoms with van der Waals surface area (Å²) in [5.74, 6) is -0.653. The molecular weight excluding hydrogens is 346 g/mol. The number of hydrogen-bond acceptors (Lipinski definition) is 4. The van der Waals surface area contributed by atoms with E-state index in [1.807, 2.05) is 0 Å². The Morgan fingerprint density at radius 2 is 1.75 bits per heavy atom. The van der Waals surface area contributed by atoms with E-state index >= 15 is 0 Å². The number of carbonyl (C=O) groups is 1. The quantitative estimate of drug-likeness (QED) is 0.833. The monoisotopic (exact) mass is 363 g/mol. The molecule has 0 aliphatic rings. The van der Waals surface area contributed by atoms with Crippen LogP contribution in [0.4, 0.5) is 0 Å². The normalized spacial score (nSPS) is 13.8. The maximum absolute atomic E-state index is 12.2. The molecule has 1 aromatic rings. The van der Waals surface area contributed by atoms with Crippen molar-refractivity contribution < 1.29 is 17.9 Å². The SMILES string of the molecule is COC(=O)C(NS(=O)(=O)C(C)(C)C)c1ccc(Br)cc1. The molecule has 0 aliphatic heterocycles. The third kappa shape index (κ3) is 4.04. The molecule has 1 rings (SSSR count). The average molecular weight is 364 g/mol. The van der Waals surface area contributed by atoms with E-state index in [1.54, 1.807) is 45.0 Å². The molecule has 0 amide bonds. The first kappa shape index (κ1) is 17.1. The van der Waals surface area contributed by atoms with E-state index in [2.05, 4.69) is 25.4 Å². The Labute approximate surface area is 127 Å². The molecule has 0 saturated carbocycles. The van der Waals surface area contributed by atoms with E-state index in [4.69, 9.17) is 0 Å². The number of hydrogen-bond donors (Lipinski definition) is 1. The Morgan fingerprint density at radius 3 is 2.15 bits per heavy atom. The van der Waals surface area contributed by atoms with Crippen molar-refractivity contribution in [2.24, 2.45) is 0 Å². The van der Waals surface area contributed by atoms with E-state index in [-0.39, 0.29) is 0 Å². The molecule has 0 aromatic heterocycles. The summed E-state index contributed by atoms with van der Waals surface area (Å²) >= 11 is 3.29. The lowest BCUT2D eigenvalue weighted by molar-refractivity contribution is -0.142. The van der Waals surface area contributed by atoms with Gasteiger partial charge in [0.2, 0.25) is 10.0 Å². The Balaban J connectivity index is 3.16. The molecule has 0 spiro atoms. The van der Waals surface area contributed by atoms with Crippen LogP contribution in [-0.4, -0.2) is 26.2 Å². The highest BCUT2D eigenvalue weighted by atomic mass is 79.9. The van der Waals surface area contributed by atoms with Crippen molar-refractivity contribution in [3.05, 3.63) is 34.3 Å². The number of benzene rings is 1. The molecular formula is C13H18BrNO4S. The summed E-state index contributed by atoms with van der Waals surface area (Å²) in [4.78, 5) is 11.8. The first-order valence-corrected chi connectivity index (χ1v) is 8.21. The predicted octanol–water partition coefficient (Wildman–Crippen LogP) is 2.38. The first-order valence-electron chi connectivity index (χ1n) is 5.93. The van der Waals surface area contributed by atoms with Gasteiger partial charge in [-0.15, -0.1) is 0 Å². The Kier molecular flexibility index (Phi) is 5.34. The fourth-order valence-corrected chi connectivity index (χ4v) is 2.52. The highest BCUT2D eigenvalue weighted by Gasteiger charge is 2.34. The summed E-state index contributed by atoms with van der Waals surface area (Å²) in [6, 6.07) is 5.73. The molecule has 1 atom stereocenters. The smallest absolute Gasteiger partial charge is 0.328 e. The Bertz CT molecular complexity index is 575. The molecule has 0 aliphatic carbocycles. The van der Waals surface area contributed by atoms with E-state index in [1.165, 1.54) is 7.11 Å². The molecule has 0 fully saturated rings. The second-order valence-corrected chi connectivity index (χ2v) is 8.62. The van der Waals surface area contributed by atoms with Crippen LogP contribution in [0.1, 0.15) is 32.4 Å². The zero-order valence-electron chi connectivity index (χ0n) is 11.8. The van der Waals surface area contributed by atoms with Crippen molar-refractivity contribution in [2.45, 2.75) is 31.6 Å². The molecule has 0 heterocycles. The maximum atomic E-state index is 12.2. The standard InChI is InChI=1S/C13H18BrNO4S/c1-13(2,3)20(17,18)15-11(12(16)19-4)9-5-7-10(14)8-6-9/h5-8,11,15H,1-4H3. The van der Waals surface area contributed by atoms with Gasteiger partial charge in [-0.1, -0.05) is 28.1 Å². The largest absolute Gasteiger partial charge is 0.468 e. The summed E-state index contributed by atoms with van der Waals surface area (Å²) in [5.41, 5.74) is 0.521. The van der Waals surface area contributed by atoms with Crippen LogP contribution in [0.15, 0.2) is 28.7 Å². The highest BCUT2D eigenvalue weighted by molar-refractivity contribution is 9.10. The van der Waals surface area contributed by atoms with Gasteiger partial charge in [0.25, 0.3) is 0 Å². The van der Waals surface area contributed by atoms with Gasteiger partial charge in [-0.25, -0.2) is 13.2 Å². The minimum atomic E-state index is -3.67. The first-order chi connectivity index (χ1) is 9.08. The molecule has 5 nitrogen and oxygen atoms in total. The van der Waals surface area contributed by atoms with Crippen LogP contribution in [0.3, 0.4) is 0 Å². The van der Waals surface area contributed by atoms with Gasteiger partial charge in [0, 0.05) is 4.47 Å². The van der Waals surface area contributed by atoms with Gasteiger partial charge < -0.3 is 4.74 Å². The Hall–Kier alpha value is -0.920. The van der Waals surface area contributed by atoms with Crippen molar-refractivity contribution in [1.82, 2.24) is 4.72 Å². The van der Waals surface area contributed by atoms with Crippen LogP contribution in [0.5, 0.6) is 0 Å². The van der Waals surface area contributed by atoms with Crippen molar-refractivity contribution in [1.29, 1.82) is 0 Å². The summed E-state index contributed by atoms with van der Waals surface area (Å²) in [6.45, 7) is 4.68. The number of rotatable bonds is 4. The molecule has 112 valence electrons. The summed E-state index contributed by atoms with van der Waals surface area (Å²) < 4.78 is 31.3. The third-order valence-electron chi connectivity index (χ3n) is 2.72. The van der Waals surface area contributed by atoms with E-state index in [9.17, 15) is 13.2 Å². The second kappa shape index (κ2) is 6.24. The molecule has 0 radical (unpaired) electrons. The van der Waals surface area contributed by atoms with Crippen LogP contribution in [0, 0.1) is 0 Å². The topological polar surface area (TPSA) is 72.5 Å². The van der Waals surface area contributed by atoms with Crippen LogP contribution >= 0.6 is 15.9 Å². The van der Waals surface area contributed by atoms with Crippen LogP contribution in [-0.2, 0) is 19.6 Å². The molecule has 0 saturated heterocycles. The zero-order chi connectivity index (χ0) is 15.6. The van der Waals surface area contributed by atoms with Crippen molar-refractivity contribution in [3.8, 4) is 0 Å². The van der Waals surface area contributed by atoms with E-state index in [0.717, 1.165) is 4.47 Å². The molecule has 1 N–H and O–H groups in total. The van der Waals surface area contributed by atoms with Crippen molar-refractivity contribution in [3.63, 3.8) is 0 Å². The summed E-state index contributed by atoms with van der Waals surface area (Å²) in [7, 11) is -2.45. The molecule has 20 heavy (non-hydrogen) atoms. The summed E-state index contributed by atoms with van der Waals surface area (Å²) in [6.07, 6.45) is 0. The number of nitrogens with one attached hydrogen (secondary N) is 1. The van der Waals surface area contributed by atoms with Gasteiger partial charge in [0.1, 0.15) is 6.04 Å². The van der Waals surface area contributed by atoms with Gasteiger partial charge in [-0.2, -0.15) is 4.72 Å². The van der Waals surface area contributed by atoms with Crippen LogP contribution in [0.2, 0.25) is 0 Å². The lowest BCUT2D eigenvalue weighted by Crippen LogP contribution is -2.43. The Morgan fingerprint density at radius 1 is 1.25 bits per heavy atom. The number of methoxy groups -OCH3 is 1. The van der Waals surface area contributed by atoms with Gasteiger partial charge in [0.05, 0.1) is 11.9 Å². The highest BCUT2D eigenvalue weighted by Crippen LogP contribution is 2.22. The number of ether oxygens (including phenoxy) is 1. The van der Waals surface area contributed by atoms with E-state index in [0.29, 0.717) is 5.56 Å². The van der Waals surface area contributed by atoms with Crippen LogP contribution < -0.4 is 4.72 Å². The fourth-order valence-electron chi connectivity index (χ4n) is 1.36. The predicted molar refractivity (Wildman–Crippen MR) is 80.7 cm³/mol. The number of carbonyl (C=O) groups excluding carboxylic acids is 1. The molecule has 1 unspecified atom stereocenters. The van der Waals surface area contributed by atoms with Crippen molar-refractivity contribution in [2.75, 3.05) is 7.11 Å². The van der Waals surface area contributed by atoms with Gasteiger partial charge in [-0.05, 0) is 38.5 Å². The lowest BCUT2D eigenvalue weighted by Gasteiger charge is -2.24.